The number of carbonyl (C=O) groups excluding carboxylic acids is 4. The average Bonchev–Trinajstić information content (AvgIpc) is 3.59. The number of aliphatic hydroxyl groups excluding tert-OH is 2. The molecule has 2 aliphatic rings. The highest BCUT2D eigenvalue weighted by atomic mass is 16.3. The van der Waals surface area contributed by atoms with Crippen LogP contribution in [0, 0.1) is 0 Å². The average molecular weight is 586 g/mol. The summed E-state index contributed by atoms with van der Waals surface area (Å²) in [7, 11) is 0. The van der Waals surface area contributed by atoms with E-state index in [-0.39, 0.29) is 12.3 Å². The molecule has 0 spiro atoms. The predicted octanol–water partition coefficient (Wildman–Crippen LogP) is -1.86. The molecule has 4 atom stereocenters. The van der Waals surface area contributed by atoms with Crippen molar-refractivity contribution < 1.29 is 29.4 Å². The molecule has 2 aliphatic heterocycles. The molecule has 3 heterocycles. The first-order valence-corrected chi connectivity index (χ1v) is 14.1. The van der Waals surface area contributed by atoms with Crippen LogP contribution in [0.5, 0.6) is 0 Å². The maximum absolute atomic E-state index is 13.8. The molecule has 2 aromatic rings. The van der Waals surface area contributed by atoms with Crippen molar-refractivity contribution in [2.75, 3.05) is 45.9 Å². The Morgan fingerprint density at radius 2 is 1.76 bits per heavy atom. The fraction of sp³-hybridized carbons (Fsp3) is 0.556. The third kappa shape index (κ3) is 6.92. The van der Waals surface area contributed by atoms with Crippen LogP contribution in [0.15, 0.2) is 36.5 Å². The monoisotopic (exact) mass is 585 g/mol. The summed E-state index contributed by atoms with van der Waals surface area (Å²) in [6.45, 7) is 0.946. The molecule has 0 saturated carbocycles. The lowest BCUT2D eigenvalue weighted by Gasteiger charge is -2.38. The number of nitrogens with two attached hydrogens (primary N) is 2. The molecule has 5 amide bonds. The lowest BCUT2D eigenvalue weighted by atomic mass is 10.0. The summed E-state index contributed by atoms with van der Waals surface area (Å²) < 4.78 is 1.47. The number of primary amides is 1. The number of unbranched alkanes of at least 4 members (excludes halogenated alkanes) is 1. The van der Waals surface area contributed by atoms with Gasteiger partial charge in [0.25, 0.3) is 5.91 Å². The first-order chi connectivity index (χ1) is 20.3. The number of amides is 5. The van der Waals surface area contributed by atoms with Gasteiger partial charge in [-0.25, -0.2) is 9.48 Å². The first kappa shape index (κ1) is 31.0. The second-order valence-corrected chi connectivity index (χ2v) is 10.5. The maximum atomic E-state index is 13.8. The van der Waals surface area contributed by atoms with Crippen LogP contribution in [0.2, 0.25) is 0 Å². The number of imide groups is 1. The van der Waals surface area contributed by atoms with Crippen LogP contribution < -0.4 is 16.8 Å². The van der Waals surface area contributed by atoms with Gasteiger partial charge < -0.3 is 31.9 Å². The predicted molar refractivity (Wildman–Crippen MR) is 149 cm³/mol. The van der Waals surface area contributed by atoms with Gasteiger partial charge >= 0.3 is 6.03 Å². The highest BCUT2D eigenvalue weighted by Gasteiger charge is 2.43. The van der Waals surface area contributed by atoms with Crippen molar-refractivity contribution in [3.05, 3.63) is 47.8 Å². The van der Waals surface area contributed by atoms with Gasteiger partial charge in [0.2, 0.25) is 11.8 Å². The second kappa shape index (κ2) is 14.3. The summed E-state index contributed by atoms with van der Waals surface area (Å²) in [4.78, 5) is 55.8. The van der Waals surface area contributed by atoms with E-state index < -0.39 is 55.2 Å². The Morgan fingerprint density at radius 3 is 2.36 bits per heavy atom. The van der Waals surface area contributed by atoms with Crippen molar-refractivity contribution >= 4 is 23.8 Å². The van der Waals surface area contributed by atoms with E-state index in [1.807, 2.05) is 30.3 Å². The zero-order chi connectivity index (χ0) is 30.2. The van der Waals surface area contributed by atoms with Gasteiger partial charge in [0.05, 0.1) is 25.5 Å². The molecule has 15 nitrogen and oxygen atoms in total. The minimum atomic E-state index is -1.05. The third-order valence-corrected chi connectivity index (χ3v) is 7.79. The van der Waals surface area contributed by atoms with E-state index in [9.17, 15) is 29.4 Å². The summed E-state index contributed by atoms with van der Waals surface area (Å²) >= 11 is 0. The van der Waals surface area contributed by atoms with Crippen LogP contribution >= 0.6 is 0 Å². The molecule has 2 fully saturated rings. The highest BCUT2D eigenvalue weighted by molar-refractivity contribution is 6.04. The fourth-order valence-corrected chi connectivity index (χ4v) is 5.43. The first-order valence-electron chi connectivity index (χ1n) is 14.1. The minimum Gasteiger partial charge on any atom is -0.394 e. The number of benzene rings is 1. The van der Waals surface area contributed by atoms with Gasteiger partial charge in [0.1, 0.15) is 23.8 Å². The van der Waals surface area contributed by atoms with Gasteiger partial charge in [-0.2, -0.15) is 0 Å². The Balaban J connectivity index is 1.58. The van der Waals surface area contributed by atoms with Crippen molar-refractivity contribution in [1.29, 1.82) is 0 Å². The third-order valence-electron chi connectivity index (χ3n) is 7.79. The highest BCUT2D eigenvalue weighted by Crippen LogP contribution is 2.29. The van der Waals surface area contributed by atoms with Crippen molar-refractivity contribution in [2.24, 2.45) is 11.5 Å². The van der Waals surface area contributed by atoms with E-state index in [0.29, 0.717) is 57.7 Å². The zero-order valence-corrected chi connectivity index (χ0v) is 23.4. The van der Waals surface area contributed by atoms with E-state index in [2.05, 4.69) is 15.6 Å². The lowest BCUT2D eigenvalue weighted by molar-refractivity contribution is -0.138. The van der Waals surface area contributed by atoms with Crippen LogP contribution in [-0.4, -0.2) is 122 Å². The van der Waals surface area contributed by atoms with Gasteiger partial charge in [-0.3, -0.25) is 24.2 Å². The Kier molecular flexibility index (Phi) is 10.6. The molecule has 0 unspecified atom stereocenters. The number of piperazine rings is 1. The van der Waals surface area contributed by atoms with Crippen molar-refractivity contribution in [2.45, 2.75) is 49.9 Å². The summed E-state index contributed by atoms with van der Waals surface area (Å²) in [5, 5.41) is 30.2. The number of aliphatic hydroxyl groups is 2. The van der Waals surface area contributed by atoms with Crippen LogP contribution in [0.25, 0.3) is 0 Å². The molecular weight excluding hydrogens is 546 g/mol. The summed E-state index contributed by atoms with van der Waals surface area (Å²) in [6.07, 6.45) is 3.66. The number of hydrogen-bond acceptors (Lipinski definition) is 10. The number of urea groups is 1. The zero-order valence-electron chi connectivity index (χ0n) is 23.4. The van der Waals surface area contributed by atoms with E-state index in [4.69, 9.17) is 11.5 Å². The molecule has 15 heteroatoms. The quantitative estimate of drug-likeness (QED) is 0.123. The van der Waals surface area contributed by atoms with Gasteiger partial charge in [0.15, 0.2) is 0 Å². The molecule has 4 rings (SSSR count). The summed E-state index contributed by atoms with van der Waals surface area (Å²) in [6, 6.07) is 5.29. The minimum absolute atomic E-state index is 0.183. The number of rotatable bonds is 14. The Morgan fingerprint density at radius 1 is 1.05 bits per heavy atom. The number of aromatic nitrogens is 3. The van der Waals surface area contributed by atoms with Crippen LogP contribution in [0.4, 0.5) is 4.79 Å². The standard InChI is InChI=1S/C27H39N9O6/c28-9-5-4-8-21(26(41)34-12-10-33(11-13-34)23(17-38)24(29)39)35-15-19(31-32-35)22(14-18-6-2-1-3-7-18)36-25(40)20(16-37)30-27(36)42/h1-3,6-7,15,20-23,37-38H,4-5,8-14,16-17,28H2,(H2,29,39)(H,30,42)/t20-,21+,22+,23-/m0/s1. The Bertz CT molecular complexity index is 1230. The normalized spacial score (nSPS) is 19.9. The molecule has 2 saturated heterocycles. The molecule has 1 aromatic heterocycles. The molecule has 0 aliphatic carbocycles. The number of hydrogen-bond donors (Lipinski definition) is 5. The molecule has 42 heavy (non-hydrogen) atoms. The van der Waals surface area contributed by atoms with Gasteiger partial charge in [-0.05, 0) is 37.8 Å². The summed E-state index contributed by atoms with van der Waals surface area (Å²) in [5.41, 5.74) is 12.3. The fourth-order valence-electron chi connectivity index (χ4n) is 5.43. The van der Waals surface area contributed by atoms with Gasteiger partial charge in [0, 0.05) is 26.2 Å². The van der Waals surface area contributed by atoms with Crippen molar-refractivity contribution in [3.8, 4) is 0 Å². The van der Waals surface area contributed by atoms with Gasteiger partial charge in [-0.15, -0.1) is 5.10 Å². The molecule has 228 valence electrons. The van der Waals surface area contributed by atoms with E-state index in [0.717, 1.165) is 10.5 Å². The van der Waals surface area contributed by atoms with Crippen LogP contribution in [-0.2, 0) is 20.8 Å². The largest absolute Gasteiger partial charge is 0.394 e. The topological polar surface area (TPSA) is 213 Å². The van der Waals surface area contributed by atoms with E-state index in [1.165, 1.54) is 4.68 Å². The van der Waals surface area contributed by atoms with Crippen LogP contribution in [0.3, 0.4) is 0 Å². The number of nitrogens with zero attached hydrogens (tertiary/aromatic N) is 6. The second-order valence-electron chi connectivity index (χ2n) is 10.5. The van der Waals surface area contributed by atoms with E-state index in [1.54, 1.807) is 16.0 Å². The molecule has 1 aromatic carbocycles. The maximum Gasteiger partial charge on any atom is 0.325 e. The SMILES string of the molecule is NCCCC[C@H](C(=O)N1CCN([C@@H](CO)C(N)=O)CC1)n1cc([C@@H](Cc2ccccc2)N2C(=O)N[C@@H](CO)C2=O)nn1. The number of nitrogens with one attached hydrogen (secondary N) is 1. The molecular formula is C27H39N9O6. The number of carbonyl (C=O) groups is 4. The van der Waals surface area contributed by atoms with Crippen molar-refractivity contribution in [1.82, 2.24) is 35.0 Å². The molecule has 0 radical (unpaired) electrons. The van der Waals surface area contributed by atoms with Crippen molar-refractivity contribution in [3.63, 3.8) is 0 Å². The smallest absolute Gasteiger partial charge is 0.325 e. The molecule has 0 bridgehead atoms. The van der Waals surface area contributed by atoms with Crippen LogP contribution in [0.1, 0.15) is 42.6 Å². The Labute approximate surface area is 243 Å². The van der Waals surface area contributed by atoms with Gasteiger partial charge in [-0.1, -0.05) is 35.5 Å². The summed E-state index contributed by atoms with van der Waals surface area (Å²) in [5.74, 6) is -1.37. The lowest BCUT2D eigenvalue weighted by Crippen LogP contribution is -2.57. The molecule has 7 N–H and O–H groups in total. The Hall–Kier alpha value is -3.92. The van der Waals surface area contributed by atoms with E-state index >= 15 is 0 Å².